The number of amides is 2. The quantitative estimate of drug-likeness (QED) is 0.116. The Morgan fingerprint density at radius 2 is 1.67 bits per heavy atom. The average molecular weight is 731 g/mol. The van der Waals surface area contributed by atoms with Gasteiger partial charge in [0.2, 0.25) is 11.8 Å². The number of phenols is 1. The van der Waals surface area contributed by atoms with Crippen molar-refractivity contribution in [1.82, 2.24) is 10.2 Å². The Hall–Kier alpha value is -2.61. The lowest BCUT2D eigenvalue weighted by Crippen LogP contribution is -2.53. The summed E-state index contributed by atoms with van der Waals surface area (Å²) < 4.78 is 22.4. The second-order valence-electron chi connectivity index (χ2n) is 16.0. The van der Waals surface area contributed by atoms with Gasteiger partial charge in [0.1, 0.15) is 24.7 Å². The number of nitrogens with one attached hydrogen (secondary N) is 1. The minimum atomic E-state index is -0.817. The summed E-state index contributed by atoms with van der Waals surface area (Å²) in [7, 11) is 0. The van der Waals surface area contributed by atoms with Gasteiger partial charge < -0.3 is 49.3 Å². The van der Waals surface area contributed by atoms with Crippen LogP contribution in [0.25, 0.3) is 0 Å². The van der Waals surface area contributed by atoms with Gasteiger partial charge in [-0.25, -0.2) is 0 Å². The van der Waals surface area contributed by atoms with E-state index < -0.39 is 24.1 Å². The number of carbonyl (C=O) groups excluding carboxylic acids is 3. The van der Waals surface area contributed by atoms with Crippen LogP contribution in [0.3, 0.4) is 0 Å². The second-order valence-corrected chi connectivity index (χ2v) is 16.0. The van der Waals surface area contributed by atoms with Crippen molar-refractivity contribution in [2.75, 3.05) is 59.4 Å². The van der Waals surface area contributed by atoms with E-state index in [9.17, 15) is 29.7 Å². The van der Waals surface area contributed by atoms with Gasteiger partial charge in [0, 0.05) is 19.6 Å². The van der Waals surface area contributed by atoms with E-state index in [1.807, 2.05) is 26.0 Å². The maximum atomic E-state index is 13.0. The third-order valence-electron chi connectivity index (χ3n) is 12.3. The highest BCUT2D eigenvalue weighted by Crippen LogP contribution is 2.62. The molecule has 12 nitrogen and oxygen atoms in total. The van der Waals surface area contributed by atoms with Gasteiger partial charge in [-0.2, -0.15) is 0 Å². The highest BCUT2D eigenvalue weighted by Gasteiger charge is 2.56. The lowest BCUT2D eigenvalue weighted by molar-refractivity contribution is -0.141. The van der Waals surface area contributed by atoms with E-state index in [1.165, 1.54) is 16.0 Å². The highest BCUT2D eigenvalue weighted by atomic mass is 16.6. The van der Waals surface area contributed by atoms with Crippen molar-refractivity contribution < 1.29 is 48.7 Å². The molecule has 9 atom stereocenters. The average Bonchev–Trinajstić information content (AvgIpc) is 3.65. The zero-order chi connectivity index (χ0) is 37.3. The van der Waals surface area contributed by atoms with Crippen molar-refractivity contribution in [2.45, 2.75) is 109 Å². The van der Waals surface area contributed by atoms with E-state index >= 15 is 0 Å². The molecule has 12 heteroatoms. The number of carbonyl (C=O) groups is 3. The van der Waals surface area contributed by atoms with Crippen molar-refractivity contribution in [3.05, 3.63) is 29.3 Å². The van der Waals surface area contributed by atoms with E-state index in [-0.39, 0.29) is 49.5 Å². The molecule has 2 amide bonds. The predicted molar refractivity (Wildman–Crippen MR) is 194 cm³/mol. The zero-order valence-electron chi connectivity index (χ0n) is 31.4. The van der Waals surface area contributed by atoms with Crippen LogP contribution >= 0.6 is 0 Å². The molecule has 9 unspecified atom stereocenters. The topological polar surface area (TPSA) is 164 Å². The first kappa shape index (κ1) is 40.6. The first-order chi connectivity index (χ1) is 25.0. The summed E-state index contributed by atoms with van der Waals surface area (Å²) in [4.78, 5) is 38.1. The summed E-state index contributed by atoms with van der Waals surface area (Å²) in [5, 5.41) is 33.7. The number of fused-ring (bicyclic) bond motifs is 5. The van der Waals surface area contributed by atoms with Crippen LogP contribution in [0, 0.1) is 29.1 Å². The molecular formula is C40H62N2O10. The molecule has 1 aromatic rings. The first-order valence-corrected chi connectivity index (χ1v) is 19.6. The van der Waals surface area contributed by atoms with Crippen LogP contribution in [0.1, 0.15) is 89.2 Å². The normalized spacial score (nSPS) is 30.1. The second kappa shape index (κ2) is 19.1. The Labute approximate surface area is 308 Å². The lowest BCUT2D eigenvalue weighted by Gasteiger charge is -2.53. The molecule has 0 aromatic heterocycles. The summed E-state index contributed by atoms with van der Waals surface area (Å²) >= 11 is 0. The Bertz CT molecular complexity index is 1330. The monoisotopic (exact) mass is 730 g/mol. The fraction of sp³-hybridized carbons (Fsp3) is 0.775. The van der Waals surface area contributed by atoms with E-state index in [0.29, 0.717) is 75.3 Å². The minimum absolute atomic E-state index is 0.0281. The number of aliphatic hydroxyl groups is 2. The number of likely N-dealkylation sites (tertiary alicyclic amines) is 1. The van der Waals surface area contributed by atoms with Crippen LogP contribution in [-0.2, 0) is 39.8 Å². The Morgan fingerprint density at radius 1 is 0.981 bits per heavy atom. The fourth-order valence-corrected chi connectivity index (χ4v) is 9.60. The number of hydrogen-bond donors (Lipinski definition) is 4. The molecule has 1 saturated heterocycles. The molecule has 1 aromatic carbocycles. The minimum Gasteiger partial charge on any atom is -0.508 e. The number of benzene rings is 1. The predicted octanol–water partition coefficient (Wildman–Crippen LogP) is 3.37. The highest BCUT2D eigenvalue weighted by molar-refractivity contribution is 5.90. The van der Waals surface area contributed by atoms with Crippen molar-refractivity contribution >= 4 is 18.1 Å². The molecular weight excluding hydrogens is 668 g/mol. The molecule has 3 fully saturated rings. The molecule has 4 aliphatic rings. The van der Waals surface area contributed by atoms with E-state index in [0.717, 1.165) is 51.4 Å². The summed E-state index contributed by atoms with van der Waals surface area (Å²) in [6, 6.07) is 4.47. The van der Waals surface area contributed by atoms with Crippen LogP contribution in [0.5, 0.6) is 5.75 Å². The zero-order valence-corrected chi connectivity index (χ0v) is 31.4. The van der Waals surface area contributed by atoms with Gasteiger partial charge in [-0.1, -0.05) is 33.3 Å². The summed E-state index contributed by atoms with van der Waals surface area (Å²) in [5.74, 6) is 1.55. The largest absolute Gasteiger partial charge is 0.508 e. The first-order valence-electron chi connectivity index (χ1n) is 19.6. The van der Waals surface area contributed by atoms with Crippen molar-refractivity contribution in [1.29, 1.82) is 0 Å². The molecule has 4 N–H and O–H groups in total. The summed E-state index contributed by atoms with van der Waals surface area (Å²) in [6.45, 7) is 8.79. The van der Waals surface area contributed by atoms with Gasteiger partial charge in [0.15, 0.2) is 0 Å². The van der Waals surface area contributed by atoms with Gasteiger partial charge >= 0.3 is 0 Å². The number of aliphatic hydroxyl groups excluding tert-OH is 2. The van der Waals surface area contributed by atoms with Gasteiger partial charge in [-0.15, -0.1) is 0 Å². The van der Waals surface area contributed by atoms with Crippen LogP contribution in [0.4, 0.5) is 0 Å². The maximum absolute atomic E-state index is 13.0. The SMILES string of the molecule is CC(C)C(NC(=O)COCCOCCOCCOCCCCC1Cc2cc(O)ccc2C2CCC3(C)C(O)CCC3C12)C(=O)N1CC(O)CC1C=O. The number of unbranched alkanes of at least 4 members (excludes halogenated alkanes) is 1. The number of rotatable bonds is 20. The number of aromatic hydroxyl groups is 1. The molecule has 52 heavy (non-hydrogen) atoms. The smallest absolute Gasteiger partial charge is 0.246 e. The number of hydrogen-bond acceptors (Lipinski definition) is 10. The molecule has 3 aliphatic carbocycles. The standard InChI is InChI=1S/C40H62N2O10/c1-26(2)38(39(48)42-23-31(45)22-29(42)24-43)41-36(47)25-52-19-18-51-17-16-50-15-14-49-13-5-4-6-27-20-28-21-30(44)7-8-32(28)33-11-12-40(3)34(37(27)33)9-10-35(40)46/h7-8,21,24,26-27,29,31,33-35,37-38,44-46H,4-6,9-20,22-23,25H2,1-3H3,(H,41,47). The van der Waals surface area contributed by atoms with Crippen LogP contribution < -0.4 is 5.32 Å². The van der Waals surface area contributed by atoms with E-state index in [2.05, 4.69) is 18.3 Å². The molecule has 2 saturated carbocycles. The van der Waals surface area contributed by atoms with Gasteiger partial charge in [-0.05, 0) is 103 Å². The third-order valence-corrected chi connectivity index (χ3v) is 12.3. The maximum Gasteiger partial charge on any atom is 0.246 e. The molecule has 0 spiro atoms. The van der Waals surface area contributed by atoms with Crippen LogP contribution in [0.2, 0.25) is 0 Å². The molecule has 0 bridgehead atoms. The lowest BCUT2D eigenvalue weighted by atomic mass is 9.52. The number of aldehydes is 1. The Morgan fingerprint density at radius 3 is 2.37 bits per heavy atom. The van der Waals surface area contributed by atoms with Gasteiger partial charge in [0.05, 0.1) is 57.9 Å². The van der Waals surface area contributed by atoms with E-state index in [4.69, 9.17) is 18.9 Å². The van der Waals surface area contributed by atoms with Gasteiger partial charge in [0.25, 0.3) is 0 Å². The number of nitrogens with zero attached hydrogens (tertiary/aromatic N) is 1. The number of β-amino-alcohol motifs (C(OH)–C–C–N with tert-alkyl or cyclic N) is 1. The van der Waals surface area contributed by atoms with E-state index in [1.54, 1.807) is 0 Å². The molecule has 1 heterocycles. The summed E-state index contributed by atoms with van der Waals surface area (Å²) in [5.41, 5.74) is 2.76. The third kappa shape index (κ3) is 9.92. The molecule has 5 rings (SSSR count). The molecule has 292 valence electrons. The van der Waals surface area contributed by atoms with Gasteiger partial charge in [-0.3, -0.25) is 9.59 Å². The fourth-order valence-electron chi connectivity index (χ4n) is 9.60. The Kier molecular flexibility index (Phi) is 14.9. The van der Waals surface area contributed by atoms with Crippen molar-refractivity contribution in [3.8, 4) is 5.75 Å². The van der Waals surface area contributed by atoms with Crippen molar-refractivity contribution in [3.63, 3.8) is 0 Å². The summed E-state index contributed by atoms with van der Waals surface area (Å²) in [6.07, 6.45) is 8.37. The van der Waals surface area contributed by atoms with Crippen LogP contribution in [-0.4, -0.2) is 122 Å². The number of phenolic OH excluding ortho intramolecular Hbond substituents is 1. The van der Waals surface area contributed by atoms with Crippen LogP contribution in [0.15, 0.2) is 18.2 Å². The molecule has 1 aliphatic heterocycles. The van der Waals surface area contributed by atoms with Crippen molar-refractivity contribution in [2.24, 2.45) is 29.1 Å². The molecule has 0 radical (unpaired) electrons. The number of ether oxygens (including phenoxy) is 4. The Balaban J connectivity index is 0.888.